The number of nitrogens with zero attached hydrogens (tertiary/aromatic N) is 2. The van der Waals surface area contributed by atoms with Crippen molar-refractivity contribution < 1.29 is 19.0 Å². The predicted molar refractivity (Wildman–Crippen MR) is 110 cm³/mol. The summed E-state index contributed by atoms with van der Waals surface area (Å²) in [6.07, 6.45) is 5.66. The van der Waals surface area contributed by atoms with Gasteiger partial charge in [0.25, 0.3) is 5.91 Å². The van der Waals surface area contributed by atoms with Gasteiger partial charge >= 0.3 is 0 Å². The lowest BCUT2D eigenvalue weighted by Crippen LogP contribution is -2.28. The zero-order valence-electron chi connectivity index (χ0n) is 16.2. The van der Waals surface area contributed by atoms with Gasteiger partial charge in [-0.3, -0.25) is 4.79 Å². The van der Waals surface area contributed by atoms with Crippen LogP contribution in [-0.2, 0) is 22.4 Å². The highest BCUT2D eigenvalue weighted by molar-refractivity contribution is 7.09. The largest absolute Gasteiger partial charge is 0.496 e. The average molecular weight is 435 g/mol. The number of amides is 1. The van der Waals surface area contributed by atoms with Crippen molar-refractivity contribution in [1.29, 1.82) is 0 Å². The number of carbonyl (C=O) groups excluding carboxylic acids is 1. The summed E-state index contributed by atoms with van der Waals surface area (Å²) in [6, 6.07) is 5.00. The number of methoxy groups -OCH3 is 1. The van der Waals surface area contributed by atoms with Crippen LogP contribution in [0.2, 0.25) is 5.02 Å². The number of carbonyl (C=O) groups is 1. The van der Waals surface area contributed by atoms with Crippen molar-refractivity contribution in [3.8, 4) is 5.75 Å². The van der Waals surface area contributed by atoms with E-state index in [1.165, 1.54) is 17.7 Å². The lowest BCUT2D eigenvalue weighted by molar-refractivity contribution is 0.0254. The van der Waals surface area contributed by atoms with Crippen molar-refractivity contribution in [2.75, 3.05) is 13.7 Å². The molecule has 2 saturated heterocycles. The number of halogens is 1. The maximum atomic E-state index is 13.0. The van der Waals surface area contributed by atoms with Gasteiger partial charge in [-0.1, -0.05) is 11.6 Å². The molecule has 3 aliphatic heterocycles. The van der Waals surface area contributed by atoms with Gasteiger partial charge in [0, 0.05) is 22.9 Å². The Bertz CT molecular complexity index is 1010. The molecule has 154 valence electrons. The topological polar surface area (TPSA) is 62.0 Å². The van der Waals surface area contributed by atoms with Crippen LogP contribution in [0.4, 0.5) is 0 Å². The van der Waals surface area contributed by atoms with E-state index in [-0.39, 0.29) is 18.1 Å². The number of hydrogen-bond acceptors (Lipinski definition) is 5. The van der Waals surface area contributed by atoms with E-state index in [0.717, 1.165) is 38.7 Å². The fourth-order valence-corrected chi connectivity index (χ4v) is 5.90. The summed E-state index contributed by atoms with van der Waals surface area (Å²) in [5.41, 5.74) is 1.55. The molecule has 4 heterocycles. The molecule has 1 amide bonds. The number of fused-ring (bicyclic) bond motifs is 4. The Labute approximate surface area is 178 Å². The van der Waals surface area contributed by atoms with Gasteiger partial charge in [-0.05, 0) is 43.9 Å². The van der Waals surface area contributed by atoms with Crippen molar-refractivity contribution >= 4 is 28.8 Å². The molecule has 5 rings (SSSR count). The van der Waals surface area contributed by atoms with Gasteiger partial charge < -0.3 is 18.8 Å². The van der Waals surface area contributed by atoms with E-state index in [2.05, 4.69) is 9.56 Å². The maximum Gasteiger partial charge on any atom is 0.283 e. The number of benzene rings is 1. The summed E-state index contributed by atoms with van der Waals surface area (Å²) in [5, 5.41) is 0.479. The molecule has 0 aliphatic carbocycles. The second-order valence-corrected chi connectivity index (χ2v) is 9.23. The Hall–Kier alpha value is -1.67. The Morgan fingerprint density at radius 3 is 3.07 bits per heavy atom. The number of hydrogen-bond donors (Lipinski definition) is 0. The highest BCUT2D eigenvalue weighted by atomic mass is 35.5. The fourth-order valence-electron chi connectivity index (χ4n) is 4.48. The lowest BCUT2D eigenvalue weighted by Gasteiger charge is -2.23. The quantitative estimate of drug-likeness (QED) is 0.732. The minimum absolute atomic E-state index is 0.0983. The second kappa shape index (κ2) is 7.87. The van der Waals surface area contributed by atoms with Crippen molar-refractivity contribution in [2.45, 2.75) is 57.0 Å². The fraction of sp³-hybridized carbons (Fsp3) is 0.524. The Morgan fingerprint density at radius 1 is 1.38 bits per heavy atom. The molecular formula is C21H23ClN2O4S. The summed E-state index contributed by atoms with van der Waals surface area (Å²) in [7, 11) is 1.54. The lowest BCUT2D eigenvalue weighted by atomic mass is 10.1. The summed E-state index contributed by atoms with van der Waals surface area (Å²) in [5.74, 6) is 0.118. The van der Waals surface area contributed by atoms with Gasteiger partial charge in [-0.2, -0.15) is 4.99 Å². The first-order valence-corrected chi connectivity index (χ1v) is 11.2. The van der Waals surface area contributed by atoms with Crippen LogP contribution in [0.1, 0.15) is 52.7 Å². The third kappa shape index (κ3) is 3.65. The van der Waals surface area contributed by atoms with Crippen LogP contribution in [0.5, 0.6) is 5.75 Å². The first-order chi connectivity index (χ1) is 14.1. The number of thiazole rings is 1. The summed E-state index contributed by atoms with van der Waals surface area (Å²) in [4.78, 5) is 19.5. The van der Waals surface area contributed by atoms with Crippen LogP contribution in [0.15, 0.2) is 23.2 Å². The summed E-state index contributed by atoms with van der Waals surface area (Å²) in [6.45, 7) is 1.50. The van der Waals surface area contributed by atoms with Crippen LogP contribution < -0.4 is 9.54 Å². The normalized spacial score (nSPS) is 26.0. The molecule has 2 unspecified atom stereocenters. The van der Waals surface area contributed by atoms with Crippen molar-refractivity contribution in [1.82, 2.24) is 4.57 Å². The van der Waals surface area contributed by atoms with Crippen LogP contribution in [0, 0.1) is 0 Å². The second-order valence-electron chi connectivity index (χ2n) is 7.73. The highest BCUT2D eigenvalue weighted by Gasteiger charge is 2.38. The number of rotatable bonds is 4. The highest BCUT2D eigenvalue weighted by Crippen LogP contribution is 2.42. The van der Waals surface area contributed by atoms with E-state index in [4.69, 9.17) is 25.8 Å². The zero-order chi connectivity index (χ0) is 20.0. The van der Waals surface area contributed by atoms with Crippen LogP contribution in [0.25, 0.3) is 0 Å². The minimum Gasteiger partial charge on any atom is -0.496 e. The van der Waals surface area contributed by atoms with Gasteiger partial charge in [0.05, 0.1) is 43.2 Å². The van der Waals surface area contributed by atoms with Crippen LogP contribution in [-0.4, -0.2) is 36.4 Å². The standard InChI is InChI=1S/C21H23ClN2O4S/c1-26-16-6-4-12(22)9-15(16)20(25)23-21-24(11-14-3-2-8-27-14)19-17-7-5-13(28-17)10-18(19)29-21/h4,6,9,13-14,17H,2-3,5,7-8,10-11H2,1H3/b23-21-/t13?,14-,17?/m1/s1. The molecule has 29 heavy (non-hydrogen) atoms. The summed E-state index contributed by atoms with van der Waals surface area (Å²) < 4.78 is 19.5. The Morgan fingerprint density at radius 2 is 2.28 bits per heavy atom. The molecule has 6 nitrogen and oxygen atoms in total. The maximum absolute atomic E-state index is 13.0. The van der Waals surface area contributed by atoms with Crippen LogP contribution >= 0.6 is 22.9 Å². The molecule has 0 spiro atoms. The van der Waals surface area contributed by atoms with E-state index < -0.39 is 0 Å². The van der Waals surface area contributed by atoms with Crippen molar-refractivity contribution in [2.24, 2.45) is 4.99 Å². The average Bonchev–Trinajstić information content (AvgIpc) is 3.43. The smallest absolute Gasteiger partial charge is 0.283 e. The molecule has 0 radical (unpaired) electrons. The summed E-state index contributed by atoms with van der Waals surface area (Å²) >= 11 is 7.71. The first-order valence-electron chi connectivity index (χ1n) is 10.0. The third-order valence-electron chi connectivity index (χ3n) is 5.85. The Kier molecular flexibility index (Phi) is 5.24. The molecule has 0 saturated carbocycles. The number of aromatic nitrogens is 1. The molecule has 3 atom stereocenters. The molecule has 2 aromatic rings. The van der Waals surface area contributed by atoms with E-state index in [1.807, 2.05) is 0 Å². The third-order valence-corrected chi connectivity index (χ3v) is 7.20. The van der Waals surface area contributed by atoms with E-state index in [1.54, 1.807) is 29.5 Å². The molecule has 3 aliphatic rings. The van der Waals surface area contributed by atoms with Gasteiger partial charge in [-0.15, -0.1) is 11.3 Å². The monoisotopic (exact) mass is 434 g/mol. The molecular weight excluding hydrogens is 412 g/mol. The van der Waals surface area contributed by atoms with Crippen molar-refractivity contribution in [3.05, 3.63) is 44.2 Å². The van der Waals surface area contributed by atoms with Gasteiger partial charge in [0.2, 0.25) is 0 Å². The number of ether oxygens (including phenoxy) is 3. The van der Waals surface area contributed by atoms with Crippen LogP contribution in [0.3, 0.4) is 0 Å². The Balaban J connectivity index is 1.58. The zero-order valence-corrected chi connectivity index (χ0v) is 17.8. The first kappa shape index (κ1) is 19.3. The van der Waals surface area contributed by atoms with Crippen molar-refractivity contribution in [3.63, 3.8) is 0 Å². The molecule has 8 heteroatoms. The molecule has 0 N–H and O–H groups in total. The minimum atomic E-state index is -0.352. The molecule has 1 aromatic heterocycles. The molecule has 1 aromatic carbocycles. The SMILES string of the molecule is COc1ccc(Cl)cc1C(=O)/N=c1\sc2c(n1C[C@H]1CCCO1)C1CCC(C2)O1. The van der Waals surface area contributed by atoms with E-state index in [9.17, 15) is 4.79 Å². The molecule has 2 bridgehead atoms. The van der Waals surface area contributed by atoms with Gasteiger partial charge in [0.1, 0.15) is 5.75 Å². The van der Waals surface area contributed by atoms with Gasteiger partial charge in [0.15, 0.2) is 4.80 Å². The van der Waals surface area contributed by atoms with Gasteiger partial charge in [-0.25, -0.2) is 0 Å². The van der Waals surface area contributed by atoms with E-state index in [0.29, 0.717) is 33.8 Å². The predicted octanol–water partition coefficient (Wildman–Crippen LogP) is 3.91. The van der Waals surface area contributed by atoms with E-state index >= 15 is 0 Å². The molecule has 2 fully saturated rings.